The summed E-state index contributed by atoms with van der Waals surface area (Å²) < 4.78 is 6.91. The summed E-state index contributed by atoms with van der Waals surface area (Å²) in [4.78, 5) is 19.0. The zero-order valence-electron chi connectivity index (χ0n) is 14.7. The molecule has 0 atom stereocenters. The minimum absolute atomic E-state index is 0.0472. The van der Waals surface area contributed by atoms with Gasteiger partial charge in [-0.3, -0.25) is 4.79 Å². The van der Waals surface area contributed by atoms with Crippen LogP contribution in [0.15, 0.2) is 65.4 Å². The first-order valence-corrected chi connectivity index (χ1v) is 8.79. The highest BCUT2D eigenvalue weighted by molar-refractivity contribution is 5.95. The van der Waals surface area contributed by atoms with Crippen molar-refractivity contribution in [1.82, 2.24) is 35.2 Å². The zero-order valence-corrected chi connectivity index (χ0v) is 14.7. The predicted octanol–water partition coefficient (Wildman–Crippen LogP) is 1.95. The summed E-state index contributed by atoms with van der Waals surface area (Å²) in [6, 6.07) is 16.9. The van der Waals surface area contributed by atoms with Crippen LogP contribution in [-0.2, 0) is 0 Å². The second-order valence-electron chi connectivity index (χ2n) is 6.53. The fourth-order valence-corrected chi connectivity index (χ4v) is 3.15. The van der Waals surface area contributed by atoms with Gasteiger partial charge in [0.1, 0.15) is 6.33 Å². The summed E-state index contributed by atoms with van der Waals surface area (Å²) in [5, 5.41) is 15.1. The molecule has 9 nitrogen and oxygen atoms in total. The lowest BCUT2D eigenvalue weighted by molar-refractivity contribution is 0.0569. The first-order valence-electron chi connectivity index (χ1n) is 8.79. The predicted molar refractivity (Wildman–Crippen MR) is 97.5 cm³/mol. The van der Waals surface area contributed by atoms with Crippen LogP contribution in [0.1, 0.15) is 22.2 Å². The first kappa shape index (κ1) is 16.3. The topological polar surface area (TPSA) is 103 Å². The number of hydrogen-bond acceptors (Lipinski definition) is 7. The van der Waals surface area contributed by atoms with E-state index in [1.165, 1.54) is 11.0 Å². The quantitative estimate of drug-likeness (QED) is 0.539. The molecule has 2 aromatic carbocycles. The number of benzene rings is 2. The highest BCUT2D eigenvalue weighted by Crippen LogP contribution is 2.29. The molecule has 0 saturated carbocycles. The van der Waals surface area contributed by atoms with Gasteiger partial charge in [-0.1, -0.05) is 41.6 Å². The zero-order chi connectivity index (χ0) is 18.9. The minimum atomic E-state index is -0.0472. The summed E-state index contributed by atoms with van der Waals surface area (Å²) in [6.07, 6.45) is 1.49. The molecule has 0 radical (unpaired) electrons. The molecular formula is C19H15N7O2. The minimum Gasteiger partial charge on any atom is -0.339 e. The fourth-order valence-electron chi connectivity index (χ4n) is 3.15. The van der Waals surface area contributed by atoms with Crippen LogP contribution in [0.4, 0.5) is 0 Å². The number of likely N-dealkylation sites (tertiary alicyclic amines) is 1. The van der Waals surface area contributed by atoms with E-state index >= 15 is 0 Å². The first-order chi connectivity index (χ1) is 13.8. The third-order valence-electron chi connectivity index (χ3n) is 4.70. The Morgan fingerprint density at radius 2 is 1.93 bits per heavy atom. The Bertz CT molecular complexity index is 1100. The lowest BCUT2D eigenvalue weighted by Gasteiger charge is -2.37. The second-order valence-corrected chi connectivity index (χ2v) is 6.53. The van der Waals surface area contributed by atoms with Gasteiger partial charge in [0.2, 0.25) is 11.7 Å². The number of hydrogen-bond donors (Lipinski definition) is 0. The standard InChI is InChI=1S/C19H15N7O2/c27-19(14-7-4-8-16(9-14)26-12-20-23-24-26)25-10-15(11-25)18-21-17(22-28-18)13-5-2-1-3-6-13/h1-9,12,15H,10-11H2. The van der Waals surface area contributed by atoms with Crippen LogP contribution in [0.3, 0.4) is 0 Å². The molecule has 0 aliphatic carbocycles. The van der Waals surface area contributed by atoms with Crippen molar-refractivity contribution in [3.8, 4) is 17.1 Å². The van der Waals surface area contributed by atoms with Crippen molar-refractivity contribution in [2.45, 2.75) is 5.92 Å². The number of tetrazole rings is 1. The molecule has 5 rings (SSSR count). The number of rotatable bonds is 4. The van der Waals surface area contributed by atoms with Crippen molar-refractivity contribution in [3.05, 3.63) is 72.4 Å². The number of carbonyl (C=O) groups excluding carboxylic acids is 1. The van der Waals surface area contributed by atoms with Gasteiger partial charge in [-0.2, -0.15) is 4.98 Å². The molecule has 1 amide bonds. The van der Waals surface area contributed by atoms with Crippen molar-refractivity contribution in [2.24, 2.45) is 0 Å². The van der Waals surface area contributed by atoms with Crippen LogP contribution in [0.5, 0.6) is 0 Å². The van der Waals surface area contributed by atoms with Crippen LogP contribution in [0.25, 0.3) is 17.1 Å². The van der Waals surface area contributed by atoms with E-state index in [0.29, 0.717) is 30.4 Å². The number of nitrogens with zero attached hydrogens (tertiary/aromatic N) is 7. The maximum Gasteiger partial charge on any atom is 0.253 e. The van der Waals surface area contributed by atoms with Crippen molar-refractivity contribution in [3.63, 3.8) is 0 Å². The highest BCUT2D eigenvalue weighted by atomic mass is 16.5. The number of carbonyl (C=O) groups is 1. The van der Waals surface area contributed by atoms with E-state index in [-0.39, 0.29) is 11.8 Å². The van der Waals surface area contributed by atoms with Crippen LogP contribution in [-0.4, -0.2) is 54.2 Å². The van der Waals surface area contributed by atoms with Gasteiger partial charge in [0.25, 0.3) is 5.91 Å². The van der Waals surface area contributed by atoms with E-state index in [1.807, 2.05) is 42.5 Å². The van der Waals surface area contributed by atoms with Gasteiger partial charge in [0, 0.05) is 24.2 Å². The van der Waals surface area contributed by atoms with E-state index in [2.05, 4.69) is 25.7 Å². The molecule has 9 heteroatoms. The van der Waals surface area contributed by atoms with Crippen molar-refractivity contribution >= 4 is 5.91 Å². The molecule has 1 aliphatic heterocycles. The Morgan fingerprint density at radius 1 is 1.07 bits per heavy atom. The fraction of sp³-hybridized carbons (Fsp3) is 0.158. The van der Waals surface area contributed by atoms with Gasteiger partial charge in [0.15, 0.2) is 0 Å². The van der Waals surface area contributed by atoms with Crippen LogP contribution in [0.2, 0.25) is 0 Å². The summed E-state index contributed by atoms with van der Waals surface area (Å²) in [5.74, 6) is 1.13. The van der Waals surface area contributed by atoms with E-state index in [0.717, 1.165) is 11.3 Å². The third kappa shape index (κ3) is 2.92. The smallest absolute Gasteiger partial charge is 0.253 e. The molecule has 0 N–H and O–H groups in total. The Labute approximate surface area is 159 Å². The van der Waals surface area contributed by atoms with Gasteiger partial charge in [-0.25, -0.2) is 4.68 Å². The van der Waals surface area contributed by atoms with Gasteiger partial charge in [-0.15, -0.1) is 5.10 Å². The molecule has 1 saturated heterocycles. The van der Waals surface area contributed by atoms with E-state index in [1.54, 1.807) is 17.0 Å². The van der Waals surface area contributed by atoms with Gasteiger partial charge >= 0.3 is 0 Å². The molecule has 0 spiro atoms. The van der Waals surface area contributed by atoms with Crippen LogP contribution >= 0.6 is 0 Å². The molecule has 3 heterocycles. The molecule has 28 heavy (non-hydrogen) atoms. The molecule has 0 unspecified atom stereocenters. The lowest BCUT2D eigenvalue weighted by atomic mass is 9.98. The van der Waals surface area contributed by atoms with Crippen molar-refractivity contribution in [1.29, 1.82) is 0 Å². The summed E-state index contributed by atoms with van der Waals surface area (Å²) >= 11 is 0. The third-order valence-corrected chi connectivity index (χ3v) is 4.70. The Morgan fingerprint density at radius 3 is 2.71 bits per heavy atom. The number of aromatic nitrogens is 6. The van der Waals surface area contributed by atoms with E-state index in [9.17, 15) is 4.79 Å². The van der Waals surface area contributed by atoms with E-state index < -0.39 is 0 Å². The Hall–Kier alpha value is -3.88. The molecule has 138 valence electrons. The van der Waals surface area contributed by atoms with Crippen molar-refractivity contribution in [2.75, 3.05) is 13.1 Å². The SMILES string of the molecule is O=C(c1cccc(-n2cnnn2)c1)N1CC(c2nc(-c3ccccc3)no2)C1. The summed E-state index contributed by atoms with van der Waals surface area (Å²) in [6.45, 7) is 1.09. The molecule has 4 aromatic rings. The van der Waals surface area contributed by atoms with Gasteiger partial charge < -0.3 is 9.42 Å². The Kier molecular flexibility index (Phi) is 3.90. The summed E-state index contributed by atoms with van der Waals surface area (Å²) in [5.41, 5.74) is 2.23. The molecule has 1 aliphatic rings. The summed E-state index contributed by atoms with van der Waals surface area (Å²) in [7, 11) is 0. The normalized spacial score (nSPS) is 14.1. The maximum absolute atomic E-state index is 12.8. The average molecular weight is 373 g/mol. The second kappa shape index (κ2) is 6.69. The maximum atomic E-state index is 12.8. The lowest BCUT2D eigenvalue weighted by Crippen LogP contribution is -2.48. The Balaban J connectivity index is 1.27. The van der Waals surface area contributed by atoms with Crippen LogP contribution in [0, 0.1) is 0 Å². The molecule has 1 fully saturated rings. The largest absolute Gasteiger partial charge is 0.339 e. The van der Waals surface area contributed by atoms with Gasteiger partial charge in [0.05, 0.1) is 11.6 Å². The molecular weight excluding hydrogens is 358 g/mol. The highest BCUT2D eigenvalue weighted by Gasteiger charge is 2.36. The monoisotopic (exact) mass is 373 g/mol. The molecule has 0 bridgehead atoms. The van der Waals surface area contributed by atoms with Crippen LogP contribution < -0.4 is 0 Å². The van der Waals surface area contributed by atoms with E-state index in [4.69, 9.17) is 4.52 Å². The van der Waals surface area contributed by atoms with Gasteiger partial charge in [-0.05, 0) is 28.6 Å². The average Bonchev–Trinajstić information content (AvgIpc) is 3.40. The molecule has 2 aromatic heterocycles. The van der Waals surface area contributed by atoms with Crippen molar-refractivity contribution < 1.29 is 9.32 Å². The number of amides is 1.